The average Bonchev–Trinajstić information content (AvgIpc) is 2.55. The number of nitrogens with one attached hydrogen (secondary N) is 2. The van der Waals surface area contributed by atoms with Gasteiger partial charge in [-0.1, -0.05) is 13.3 Å². The fraction of sp³-hybridized carbons (Fsp3) is 0.562. The van der Waals surface area contributed by atoms with Gasteiger partial charge in [-0.3, -0.25) is 15.1 Å². The highest BCUT2D eigenvalue weighted by Gasteiger charge is 2.05. The number of hydrogen-bond donors (Lipinski definition) is 2. The van der Waals surface area contributed by atoms with E-state index in [1.54, 1.807) is 12.1 Å². The molecular formula is C16H27N5O2. The molecule has 2 N–H and O–H groups in total. The SMILES string of the molecule is CCCCN(C)C(=NCCNc1ccc([N+](=O)[O-])cc1)NCC. The zero-order valence-corrected chi connectivity index (χ0v) is 14.2. The zero-order chi connectivity index (χ0) is 17.1. The molecule has 23 heavy (non-hydrogen) atoms. The Morgan fingerprint density at radius 2 is 2.00 bits per heavy atom. The van der Waals surface area contributed by atoms with E-state index in [9.17, 15) is 10.1 Å². The molecule has 0 amide bonds. The monoisotopic (exact) mass is 321 g/mol. The maximum absolute atomic E-state index is 10.6. The standard InChI is InChI=1S/C16H27N5O2/c1-4-6-13-20(3)16(17-5-2)19-12-11-18-14-7-9-15(10-8-14)21(22)23/h7-10,18H,4-6,11-13H2,1-3H3,(H,17,19). The molecule has 0 aliphatic rings. The molecule has 0 saturated carbocycles. The van der Waals surface area contributed by atoms with E-state index in [0.29, 0.717) is 13.1 Å². The predicted octanol–water partition coefficient (Wildman–Crippen LogP) is 2.70. The first kappa shape index (κ1) is 18.7. The van der Waals surface area contributed by atoms with Gasteiger partial charge in [0.25, 0.3) is 5.69 Å². The Labute approximate surface area is 137 Å². The molecule has 0 aliphatic heterocycles. The van der Waals surface area contributed by atoms with E-state index in [4.69, 9.17) is 0 Å². The smallest absolute Gasteiger partial charge is 0.269 e. The van der Waals surface area contributed by atoms with Gasteiger partial charge >= 0.3 is 0 Å². The molecule has 1 rings (SSSR count). The fourth-order valence-electron chi connectivity index (χ4n) is 2.03. The molecule has 1 aromatic carbocycles. The number of unbranched alkanes of at least 4 members (excludes halogenated alkanes) is 1. The summed E-state index contributed by atoms with van der Waals surface area (Å²) in [5, 5.41) is 17.1. The van der Waals surface area contributed by atoms with Gasteiger partial charge in [-0.15, -0.1) is 0 Å². The van der Waals surface area contributed by atoms with E-state index >= 15 is 0 Å². The fourth-order valence-corrected chi connectivity index (χ4v) is 2.03. The summed E-state index contributed by atoms with van der Waals surface area (Å²) in [5.74, 6) is 0.909. The Morgan fingerprint density at radius 3 is 2.57 bits per heavy atom. The lowest BCUT2D eigenvalue weighted by Crippen LogP contribution is -2.39. The van der Waals surface area contributed by atoms with Crippen LogP contribution in [-0.4, -0.2) is 49.0 Å². The lowest BCUT2D eigenvalue weighted by Gasteiger charge is -2.21. The molecule has 7 nitrogen and oxygen atoms in total. The second kappa shape index (κ2) is 10.4. The second-order valence-electron chi connectivity index (χ2n) is 5.24. The summed E-state index contributed by atoms with van der Waals surface area (Å²) in [6, 6.07) is 6.41. The topological polar surface area (TPSA) is 82.8 Å². The quantitative estimate of drug-likeness (QED) is 0.240. The molecule has 0 heterocycles. The number of nitro benzene ring substituents is 1. The van der Waals surface area contributed by atoms with Gasteiger partial charge in [0.1, 0.15) is 0 Å². The first-order valence-corrected chi connectivity index (χ1v) is 8.06. The summed E-state index contributed by atoms with van der Waals surface area (Å²) in [6.07, 6.45) is 2.30. The number of guanidine groups is 1. The highest BCUT2D eigenvalue weighted by atomic mass is 16.6. The average molecular weight is 321 g/mol. The molecule has 0 atom stereocenters. The number of anilines is 1. The van der Waals surface area contributed by atoms with Crippen molar-refractivity contribution in [3.63, 3.8) is 0 Å². The van der Waals surface area contributed by atoms with Crippen LogP contribution >= 0.6 is 0 Å². The summed E-state index contributed by atoms with van der Waals surface area (Å²) in [5.41, 5.74) is 0.954. The van der Waals surface area contributed by atoms with Crippen LogP contribution in [-0.2, 0) is 0 Å². The van der Waals surface area contributed by atoms with Crippen molar-refractivity contribution in [3.05, 3.63) is 34.4 Å². The van der Waals surface area contributed by atoms with Crippen LogP contribution in [0.15, 0.2) is 29.3 Å². The van der Waals surface area contributed by atoms with Crippen LogP contribution in [0.3, 0.4) is 0 Å². The number of rotatable bonds is 9. The van der Waals surface area contributed by atoms with Gasteiger partial charge in [-0.25, -0.2) is 0 Å². The number of hydrogen-bond acceptors (Lipinski definition) is 4. The van der Waals surface area contributed by atoms with E-state index in [0.717, 1.165) is 37.6 Å². The van der Waals surface area contributed by atoms with E-state index in [2.05, 4.69) is 34.4 Å². The van der Waals surface area contributed by atoms with Crippen LogP contribution in [0.4, 0.5) is 11.4 Å². The van der Waals surface area contributed by atoms with Crippen LogP contribution in [0.2, 0.25) is 0 Å². The lowest BCUT2D eigenvalue weighted by molar-refractivity contribution is -0.384. The molecule has 7 heteroatoms. The maximum atomic E-state index is 10.6. The van der Waals surface area contributed by atoms with Gasteiger partial charge in [0.2, 0.25) is 0 Å². The molecule has 0 aromatic heterocycles. The van der Waals surface area contributed by atoms with Gasteiger partial charge in [0, 0.05) is 44.5 Å². The van der Waals surface area contributed by atoms with Crippen LogP contribution in [0.5, 0.6) is 0 Å². The lowest BCUT2D eigenvalue weighted by atomic mass is 10.3. The van der Waals surface area contributed by atoms with Gasteiger partial charge in [0.15, 0.2) is 5.96 Å². The molecule has 0 aliphatic carbocycles. The third kappa shape index (κ3) is 6.99. The minimum atomic E-state index is -0.400. The molecule has 0 unspecified atom stereocenters. The number of aliphatic imine (C=N–C) groups is 1. The van der Waals surface area contributed by atoms with Crippen molar-refractivity contribution >= 4 is 17.3 Å². The van der Waals surface area contributed by atoms with Crippen LogP contribution < -0.4 is 10.6 Å². The number of nitrogens with zero attached hydrogens (tertiary/aromatic N) is 3. The Morgan fingerprint density at radius 1 is 1.30 bits per heavy atom. The largest absolute Gasteiger partial charge is 0.383 e. The van der Waals surface area contributed by atoms with Gasteiger partial charge in [-0.2, -0.15) is 0 Å². The zero-order valence-electron chi connectivity index (χ0n) is 14.2. The van der Waals surface area contributed by atoms with E-state index < -0.39 is 4.92 Å². The third-order valence-corrected chi connectivity index (χ3v) is 3.32. The highest BCUT2D eigenvalue weighted by Crippen LogP contribution is 2.14. The first-order valence-electron chi connectivity index (χ1n) is 8.06. The summed E-state index contributed by atoms with van der Waals surface area (Å²) in [4.78, 5) is 16.9. The molecule has 0 radical (unpaired) electrons. The number of benzene rings is 1. The van der Waals surface area contributed by atoms with Gasteiger partial charge in [0.05, 0.1) is 11.5 Å². The summed E-state index contributed by atoms with van der Waals surface area (Å²) < 4.78 is 0. The molecule has 0 spiro atoms. The highest BCUT2D eigenvalue weighted by molar-refractivity contribution is 5.79. The van der Waals surface area contributed by atoms with Crippen LogP contribution in [0, 0.1) is 10.1 Å². The summed E-state index contributed by atoms with van der Waals surface area (Å²) in [7, 11) is 2.04. The Bertz CT molecular complexity index is 502. The van der Waals surface area contributed by atoms with E-state index in [1.807, 2.05) is 7.05 Å². The van der Waals surface area contributed by atoms with Crippen molar-refractivity contribution in [2.45, 2.75) is 26.7 Å². The Hall–Kier alpha value is -2.31. The Balaban J connectivity index is 2.46. The van der Waals surface area contributed by atoms with Crippen molar-refractivity contribution in [2.75, 3.05) is 38.5 Å². The molecule has 0 bridgehead atoms. The van der Waals surface area contributed by atoms with Crippen molar-refractivity contribution in [2.24, 2.45) is 4.99 Å². The molecular weight excluding hydrogens is 294 g/mol. The summed E-state index contributed by atoms with van der Waals surface area (Å²) >= 11 is 0. The van der Waals surface area contributed by atoms with E-state index in [1.165, 1.54) is 12.1 Å². The number of nitro groups is 1. The summed E-state index contributed by atoms with van der Waals surface area (Å²) in [6.45, 7) is 7.36. The second-order valence-corrected chi connectivity index (χ2v) is 5.24. The van der Waals surface area contributed by atoms with Crippen LogP contribution in [0.1, 0.15) is 26.7 Å². The van der Waals surface area contributed by atoms with Gasteiger partial charge < -0.3 is 15.5 Å². The normalized spacial score (nSPS) is 11.2. The molecule has 0 fully saturated rings. The molecule has 128 valence electrons. The Kier molecular flexibility index (Phi) is 8.49. The molecule has 0 saturated heterocycles. The first-order chi connectivity index (χ1) is 11.1. The van der Waals surface area contributed by atoms with Crippen molar-refractivity contribution in [1.82, 2.24) is 10.2 Å². The third-order valence-electron chi connectivity index (χ3n) is 3.32. The van der Waals surface area contributed by atoms with Crippen molar-refractivity contribution in [3.8, 4) is 0 Å². The van der Waals surface area contributed by atoms with E-state index in [-0.39, 0.29) is 5.69 Å². The predicted molar refractivity (Wildman–Crippen MR) is 95.1 cm³/mol. The molecule has 1 aromatic rings. The maximum Gasteiger partial charge on any atom is 0.269 e. The minimum absolute atomic E-state index is 0.0977. The minimum Gasteiger partial charge on any atom is -0.383 e. The van der Waals surface area contributed by atoms with Crippen molar-refractivity contribution in [1.29, 1.82) is 0 Å². The van der Waals surface area contributed by atoms with Gasteiger partial charge in [-0.05, 0) is 25.5 Å². The van der Waals surface area contributed by atoms with Crippen molar-refractivity contribution < 1.29 is 4.92 Å². The van der Waals surface area contributed by atoms with Crippen LogP contribution in [0.25, 0.3) is 0 Å². The number of non-ortho nitro benzene ring substituents is 1.